The molecule has 0 heterocycles. The first-order chi connectivity index (χ1) is 10.2. The van der Waals surface area contributed by atoms with Crippen molar-refractivity contribution in [2.75, 3.05) is 6.54 Å². The normalized spacial score (nSPS) is 22.0. The van der Waals surface area contributed by atoms with Gasteiger partial charge in [-0.05, 0) is 54.1 Å². The summed E-state index contributed by atoms with van der Waals surface area (Å²) in [7, 11) is 0. The van der Waals surface area contributed by atoms with Crippen LogP contribution in [0.1, 0.15) is 36.4 Å². The molecule has 3 heteroatoms. The number of hydrogen-bond acceptors (Lipinski definition) is 1. The fraction of sp³-hybridized carbons (Fsp3) is 0.333. The molecular formula is C18H19BrClN. The molecule has 1 saturated carbocycles. The van der Waals surface area contributed by atoms with E-state index in [0.717, 1.165) is 16.0 Å². The Hall–Kier alpha value is -0.830. The highest BCUT2D eigenvalue weighted by Crippen LogP contribution is 2.54. The Kier molecular flexibility index (Phi) is 4.68. The Morgan fingerprint density at radius 2 is 2.00 bits per heavy atom. The van der Waals surface area contributed by atoms with E-state index in [2.05, 4.69) is 70.6 Å². The van der Waals surface area contributed by atoms with Crippen molar-refractivity contribution in [1.82, 2.24) is 5.32 Å². The molecule has 0 aliphatic heterocycles. The van der Waals surface area contributed by atoms with Gasteiger partial charge >= 0.3 is 0 Å². The van der Waals surface area contributed by atoms with E-state index in [9.17, 15) is 0 Å². The van der Waals surface area contributed by atoms with E-state index in [1.165, 1.54) is 17.5 Å². The minimum absolute atomic E-state index is 0.371. The number of halogens is 2. The third kappa shape index (κ3) is 3.50. The van der Waals surface area contributed by atoms with Crippen molar-refractivity contribution < 1.29 is 0 Å². The van der Waals surface area contributed by atoms with Crippen LogP contribution in [-0.2, 0) is 0 Å². The van der Waals surface area contributed by atoms with Crippen molar-refractivity contribution in [3.05, 3.63) is 69.2 Å². The van der Waals surface area contributed by atoms with Gasteiger partial charge in [-0.25, -0.2) is 0 Å². The highest BCUT2D eigenvalue weighted by Gasteiger charge is 2.44. The Bertz CT molecular complexity index is 594. The Labute approximate surface area is 139 Å². The summed E-state index contributed by atoms with van der Waals surface area (Å²) in [5, 5.41) is 4.43. The first kappa shape index (κ1) is 15.1. The van der Waals surface area contributed by atoms with Crippen LogP contribution in [0.4, 0.5) is 0 Å². The van der Waals surface area contributed by atoms with Gasteiger partial charge in [-0.3, -0.25) is 0 Å². The second-order valence-corrected chi connectivity index (χ2v) is 7.01. The predicted octanol–water partition coefficient (Wildman–Crippen LogP) is 5.56. The van der Waals surface area contributed by atoms with Crippen molar-refractivity contribution in [1.29, 1.82) is 0 Å². The lowest BCUT2D eigenvalue weighted by Crippen LogP contribution is -2.23. The third-order valence-electron chi connectivity index (χ3n) is 4.16. The summed E-state index contributed by atoms with van der Waals surface area (Å²) in [6.45, 7) is 3.12. The van der Waals surface area contributed by atoms with Gasteiger partial charge in [0, 0.05) is 15.5 Å². The lowest BCUT2D eigenvalue weighted by atomic mass is 9.98. The van der Waals surface area contributed by atoms with Gasteiger partial charge in [-0.1, -0.05) is 64.8 Å². The summed E-state index contributed by atoms with van der Waals surface area (Å²) >= 11 is 9.76. The summed E-state index contributed by atoms with van der Waals surface area (Å²) in [6, 6.07) is 17.4. The first-order valence-electron chi connectivity index (χ1n) is 7.43. The van der Waals surface area contributed by atoms with E-state index in [4.69, 9.17) is 11.6 Å². The van der Waals surface area contributed by atoms with Crippen molar-refractivity contribution in [2.45, 2.75) is 25.3 Å². The van der Waals surface area contributed by atoms with Crippen LogP contribution in [0.5, 0.6) is 0 Å². The average Bonchev–Trinajstić information content (AvgIpc) is 3.25. The smallest absolute Gasteiger partial charge is 0.0420 e. The van der Waals surface area contributed by atoms with E-state index in [-0.39, 0.29) is 0 Å². The summed E-state index contributed by atoms with van der Waals surface area (Å²) in [5.41, 5.74) is 2.73. The Morgan fingerprint density at radius 3 is 2.67 bits per heavy atom. The van der Waals surface area contributed by atoms with Crippen LogP contribution in [0.2, 0.25) is 5.02 Å². The molecule has 1 nitrogen and oxygen atoms in total. The maximum atomic E-state index is 6.22. The van der Waals surface area contributed by atoms with Crippen molar-refractivity contribution in [3.8, 4) is 0 Å². The second kappa shape index (κ2) is 6.51. The number of nitrogens with one attached hydrogen (secondary N) is 1. The topological polar surface area (TPSA) is 12.0 Å². The van der Waals surface area contributed by atoms with E-state index >= 15 is 0 Å². The summed E-state index contributed by atoms with van der Waals surface area (Å²) < 4.78 is 1.05. The summed E-state index contributed by atoms with van der Waals surface area (Å²) in [5.74, 6) is 1.31. The van der Waals surface area contributed by atoms with Crippen LogP contribution in [0.3, 0.4) is 0 Å². The Morgan fingerprint density at radius 1 is 1.24 bits per heavy atom. The molecule has 110 valence electrons. The molecule has 1 N–H and O–H groups in total. The van der Waals surface area contributed by atoms with Gasteiger partial charge in [0.1, 0.15) is 0 Å². The molecule has 0 amide bonds. The molecule has 0 aromatic heterocycles. The number of rotatable bonds is 5. The molecule has 0 bridgehead atoms. The maximum absolute atomic E-state index is 6.22. The van der Waals surface area contributed by atoms with Crippen LogP contribution in [-0.4, -0.2) is 6.54 Å². The van der Waals surface area contributed by atoms with Crippen molar-refractivity contribution in [3.63, 3.8) is 0 Å². The molecule has 2 aromatic carbocycles. The predicted molar refractivity (Wildman–Crippen MR) is 92.9 cm³/mol. The summed E-state index contributed by atoms with van der Waals surface area (Å²) in [4.78, 5) is 0. The van der Waals surface area contributed by atoms with E-state index in [0.29, 0.717) is 17.9 Å². The van der Waals surface area contributed by atoms with Crippen LogP contribution in [0.15, 0.2) is 53.0 Å². The first-order valence-corrected chi connectivity index (χ1v) is 8.60. The molecule has 1 fully saturated rings. The zero-order valence-electron chi connectivity index (χ0n) is 12.0. The zero-order valence-corrected chi connectivity index (χ0v) is 14.4. The van der Waals surface area contributed by atoms with Gasteiger partial charge in [0.05, 0.1) is 0 Å². The minimum Gasteiger partial charge on any atom is -0.310 e. The zero-order chi connectivity index (χ0) is 14.8. The molecule has 0 radical (unpaired) electrons. The van der Waals surface area contributed by atoms with Gasteiger partial charge in [0.2, 0.25) is 0 Å². The SMILES string of the molecule is CCNC(c1cc(Cl)cc(Br)c1)C1CC1c1ccccc1. The molecule has 1 aliphatic rings. The molecular weight excluding hydrogens is 346 g/mol. The van der Waals surface area contributed by atoms with E-state index in [1.807, 2.05) is 6.07 Å². The molecule has 21 heavy (non-hydrogen) atoms. The van der Waals surface area contributed by atoms with E-state index < -0.39 is 0 Å². The molecule has 2 aromatic rings. The van der Waals surface area contributed by atoms with Gasteiger partial charge in [-0.15, -0.1) is 0 Å². The van der Waals surface area contributed by atoms with Gasteiger partial charge < -0.3 is 5.32 Å². The highest BCUT2D eigenvalue weighted by atomic mass is 79.9. The summed E-state index contributed by atoms with van der Waals surface area (Å²) in [6.07, 6.45) is 1.24. The fourth-order valence-corrected chi connectivity index (χ4v) is 4.04. The van der Waals surface area contributed by atoms with Crippen molar-refractivity contribution >= 4 is 27.5 Å². The Balaban J connectivity index is 1.83. The van der Waals surface area contributed by atoms with E-state index in [1.54, 1.807) is 0 Å². The maximum Gasteiger partial charge on any atom is 0.0420 e. The largest absolute Gasteiger partial charge is 0.310 e. The fourth-order valence-electron chi connectivity index (χ4n) is 3.16. The molecule has 3 unspecified atom stereocenters. The third-order valence-corrected chi connectivity index (χ3v) is 4.84. The molecule has 3 rings (SSSR count). The number of hydrogen-bond donors (Lipinski definition) is 1. The van der Waals surface area contributed by atoms with Crippen LogP contribution in [0.25, 0.3) is 0 Å². The van der Waals surface area contributed by atoms with Crippen LogP contribution in [0, 0.1) is 5.92 Å². The molecule has 3 atom stereocenters. The van der Waals surface area contributed by atoms with Crippen molar-refractivity contribution in [2.24, 2.45) is 5.92 Å². The lowest BCUT2D eigenvalue weighted by Gasteiger charge is -2.19. The minimum atomic E-state index is 0.371. The molecule has 0 spiro atoms. The highest BCUT2D eigenvalue weighted by molar-refractivity contribution is 9.10. The standard InChI is InChI=1S/C18H19BrClN/c1-2-21-18(13-8-14(19)10-15(20)9-13)17-11-16(17)12-6-4-3-5-7-12/h3-10,16-18,21H,2,11H2,1H3. The molecule has 0 saturated heterocycles. The molecule has 1 aliphatic carbocycles. The van der Waals surface area contributed by atoms with Crippen LogP contribution < -0.4 is 5.32 Å². The van der Waals surface area contributed by atoms with Gasteiger partial charge in [0.25, 0.3) is 0 Å². The quantitative estimate of drug-likeness (QED) is 0.732. The average molecular weight is 365 g/mol. The lowest BCUT2D eigenvalue weighted by molar-refractivity contribution is 0.487. The van der Waals surface area contributed by atoms with Gasteiger partial charge in [-0.2, -0.15) is 0 Å². The van der Waals surface area contributed by atoms with Crippen LogP contribution >= 0.6 is 27.5 Å². The second-order valence-electron chi connectivity index (χ2n) is 5.65. The van der Waals surface area contributed by atoms with Gasteiger partial charge in [0.15, 0.2) is 0 Å². The monoisotopic (exact) mass is 363 g/mol. The number of benzene rings is 2.